The van der Waals surface area contributed by atoms with Crippen LogP contribution in [0.3, 0.4) is 0 Å². The lowest BCUT2D eigenvalue weighted by Gasteiger charge is -2.30. The van der Waals surface area contributed by atoms with Gasteiger partial charge in [-0.2, -0.15) is 0 Å². The highest BCUT2D eigenvalue weighted by Gasteiger charge is 2.32. The molecule has 21 heavy (non-hydrogen) atoms. The molecule has 0 spiro atoms. The van der Waals surface area contributed by atoms with Crippen molar-refractivity contribution in [2.45, 2.75) is 18.6 Å². The van der Waals surface area contributed by atoms with Crippen molar-refractivity contribution in [1.29, 1.82) is 0 Å². The Labute approximate surface area is 137 Å². The SMILES string of the molecule is O=C(O)C1CCCN(S(=O)(=O)Cc2ccc(Cl)cc2Br)C1. The molecule has 1 heterocycles. The number of hydrogen-bond acceptors (Lipinski definition) is 3. The lowest BCUT2D eigenvalue weighted by molar-refractivity contribution is -0.142. The third-order valence-electron chi connectivity index (χ3n) is 3.48. The topological polar surface area (TPSA) is 74.7 Å². The molecule has 5 nitrogen and oxygen atoms in total. The number of benzene rings is 1. The third-order valence-corrected chi connectivity index (χ3v) is 6.25. The summed E-state index contributed by atoms with van der Waals surface area (Å²) in [7, 11) is -3.54. The second-order valence-electron chi connectivity index (χ2n) is 5.03. The molecule has 1 unspecified atom stereocenters. The van der Waals surface area contributed by atoms with Crippen LogP contribution in [0.4, 0.5) is 0 Å². The zero-order chi connectivity index (χ0) is 15.6. The number of carboxylic acid groups (broad SMARTS) is 1. The van der Waals surface area contributed by atoms with Gasteiger partial charge in [0.15, 0.2) is 0 Å². The molecule has 1 fully saturated rings. The van der Waals surface area contributed by atoms with Crippen molar-refractivity contribution in [2.24, 2.45) is 5.92 Å². The highest BCUT2D eigenvalue weighted by Crippen LogP contribution is 2.26. The number of aliphatic carboxylic acids is 1. The fraction of sp³-hybridized carbons (Fsp3) is 0.462. The van der Waals surface area contributed by atoms with E-state index < -0.39 is 21.9 Å². The van der Waals surface area contributed by atoms with Gasteiger partial charge in [-0.3, -0.25) is 4.79 Å². The van der Waals surface area contributed by atoms with Crippen molar-refractivity contribution in [2.75, 3.05) is 13.1 Å². The van der Waals surface area contributed by atoms with Gasteiger partial charge < -0.3 is 5.11 Å². The van der Waals surface area contributed by atoms with Crippen LogP contribution in [0.5, 0.6) is 0 Å². The molecule has 1 aliphatic rings. The molecular weight excluding hydrogens is 382 g/mol. The minimum Gasteiger partial charge on any atom is -0.481 e. The van der Waals surface area contributed by atoms with E-state index in [4.69, 9.17) is 16.7 Å². The second-order valence-corrected chi connectivity index (χ2v) is 8.29. The van der Waals surface area contributed by atoms with E-state index in [0.717, 1.165) is 0 Å². The van der Waals surface area contributed by atoms with Crippen LogP contribution in [-0.2, 0) is 20.6 Å². The minimum atomic E-state index is -3.54. The number of carbonyl (C=O) groups is 1. The summed E-state index contributed by atoms with van der Waals surface area (Å²) in [4.78, 5) is 11.0. The molecule has 116 valence electrons. The number of rotatable bonds is 4. The Morgan fingerprint density at radius 1 is 1.48 bits per heavy atom. The lowest BCUT2D eigenvalue weighted by Crippen LogP contribution is -2.42. The van der Waals surface area contributed by atoms with Crippen molar-refractivity contribution in [1.82, 2.24) is 4.31 Å². The quantitative estimate of drug-likeness (QED) is 0.849. The van der Waals surface area contributed by atoms with Gasteiger partial charge in [0.25, 0.3) is 0 Å². The predicted molar refractivity (Wildman–Crippen MR) is 83.7 cm³/mol. The fourth-order valence-corrected chi connectivity index (χ4v) is 4.97. The molecule has 1 aliphatic heterocycles. The van der Waals surface area contributed by atoms with E-state index in [2.05, 4.69) is 15.9 Å². The number of nitrogens with zero attached hydrogens (tertiary/aromatic N) is 1. The molecule has 1 saturated heterocycles. The Morgan fingerprint density at radius 2 is 2.19 bits per heavy atom. The summed E-state index contributed by atoms with van der Waals surface area (Å²) < 4.78 is 26.8. The first-order chi connectivity index (χ1) is 9.79. The van der Waals surface area contributed by atoms with E-state index in [1.807, 2.05) is 0 Å². The molecule has 0 saturated carbocycles. The molecule has 8 heteroatoms. The van der Waals surface area contributed by atoms with Gasteiger partial charge in [-0.1, -0.05) is 33.6 Å². The van der Waals surface area contributed by atoms with E-state index in [1.54, 1.807) is 18.2 Å². The van der Waals surface area contributed by atoms with Crippen molar-refractivity contribution < 1.29 is 18.3 Å². The van der Waals surface area contributed by atoms with Crippen LogP contribution in [0, 0.1) is 5.92 Å². The van der Waals surface area contributed by atoms with Crippen LogP contribution < -0.4 is 0 Å². The highest BCUT2D eigenvalue weighted by molar-refractivity contribution is 9.10. The van der Waals surface area contributed by atoms with E-state index in [-0.39, 0.29) is 12.3 Å². The summed E-state index contributed by atoms with van der Waals surface area (Å²) in [6, 6.07) is 4.93. The molecule has 1 N–H and O–H groups in total. The van der Waals surface area contributed by atoms with Gasteiger partial charge in [0, 0.05) is 22.6 Å². The first-order valence-corrected chi connectivity index (χ1v) is 9.22. The summed E-state index contributed by atoms with van der Waals surface area (Å²) in [5.74, 6) is -1.73. The molecule has 0 bridgehead atoms. The van der Waals surface area contributed by atoms with Gasteiger partial charge in [0.05, 0.1) is 11.7 Å². The lowest BCUT2D eigenvalue weighted by atomic mass is 10.0. The maximum atomic E-state index is 12.4. The highest BCUT2D eigenvalue weighted by atomic mass is 79.9. The molecular formula is C13H15BrClNO4S. The molecule has 0 amide bonds. The average Bonchev–Trinajstić information content (AvgIpc) is 2.42. The van der Waals surface area contributed by atoms with Crippen molar-refractivity contribution in [3.8, 4) is 0 Å². The Balaban J connectivity index is 2.16. The molecule has 0 radical (unpaired) electrons. The van der Waals surface area contributed by atoms with Gasteiger partial charge in [-0.25, -0.2) is 12.7 Å². The van der Waals surface area contributed by atoms with Gasteiger partial charge in [-0.05, 0) is 30.5 Å². The molecule has 1 atom stereocenters. The van der Waals surface area contributed by atoms with Crippen molar-refractivity contribution in [3.05, 3.63) is 33.3 Å². The van der Waals surface area contributed by atoms with Crippen LogP contribution >= 0.6 is 27.5 Å². The number of sulfonamides is 1. The Hall–Kier alpha value is -0.630. The minimum absolute atomic E-state index is 0.0445. The summed E-state index contributed by atoms with van der Waals surface area (Å²) in [6.07, 6.45) is 1.09. The molecule has 0 aromatic heterocycles. The number of piperidine rings is 1. The Bertz CT molecular complexity index is 650. The molecule has 2 rings (SSSR count). The van der Waals surface area contributed by atoms with Crippen molar-refractivity contribution >= 4 is 43.5 Å². The maximum Gasteiger partial charge on any atom is 0.307 e. The second kappa shape index (κ2) is 6.64. The van der Waals surface area contributed by atoms with Gasteiger partial charge in [0.2, 0.25) is 10.0 Å². The summed E-state index contributed by atoms with van der Waals surface area (Å²) in [6.45, 7) is 0.417. The Kier molecular flexibility index (Phi) is 5.29. The molecule has 0 aliphatic carbocycles. The summed E-state index contributed by atoms with van der Waals surface area (Å²) >= 11 is 9.13. The summed E-state index contributed by atoms with van der Waals surface area (Å²) in [5.41, 5.74) is 0.608. The van der Waals surface area contributed by atoms with Gasteiger partial charge in [0.1, 0.15) is 0 Å². The molecule has 1 aromatic rings. The number of carboxylic acids is 1. The van der Waals surface area contributed by atoms with E-state index >= 15 is 0 Å². The first kappa shape index (κ1) is 16.7. The number of halogens is 2. The number of hydrogen-bond donors (Lipinski definition) is 1. The van der Waals surface area contributed by atoms with Crippen LogP contribution in [0.15, 0.2) is 22.7 Å². The third kappa shape index (κ3) is 4.18. The zero-order valence-corrected chi connectivity index (χ0v) is 14.3. The van der Waals surface area contributed by atoms with Crippen LogP contribution in [-0.4, -0.2) is 36.9 Å². The first-order valence-electron chi connectivity index (χ1n) is 6.44. The maximum absolute atomic E-state index is 12.4. The standard InChI is InChI=1S/C13H15BrClNO4S/c14-12-6-11(15)4-3-10(12)8-21(19,20)16-5-1-2-9(7-16)13(17)18/h3-4,6,9H,1-2,5,7-8H2,(H,17,18). The van der Waals surface area contributed by atoms with Crippen LogP contribution in [0.1, 0.15) is 18.4 Å². The van der Waals surface area contributed by atoms with E-state index in [9.17, 15) is 13.2 Å². The van der Waals surface area contributed by atoms with Gasteiger partial charge in [-0.15, -0.1) is 0 Å². The smallest absolute Gasteiger partial charge is 0.307 e. The van der Waals surface area contributed by atoms with Gasteiger partial charge >= 0.3 is 5.97 Å². The predicted octanol–water partition coefficient (Wildman–Crippen LogP) is 2.73. The zero-order valence-electron chi connectivity index (χ0n) is 11.1. The average molecular weight is 397 g/mol. The fourth-order valence-electron chi connectivity index (χ4n) is 2.32. The van der Waals surface area contributed by atoms with Crippen molar-refractivity contribution in [3.63, 3.8) is 0 Å². The largest absolute Gasteiger partial charge is 0.481 e. The van der Waals surface area contributed by atoms with E-state index in [0.29, 0.717) is 34.4 Å². The molecule has 1 aromatic carbocycles. The Morgan fingerprint density at radius 3 is 2.81 bits per heavy atom. The summed E-state index contributed by atoms with van der Waals surface area (Å²) in [5, 5.41) is 9.56. The van der Waals surface area contributed by atoms with Crippen LogP contribution in [0.2, 0.25) is 5.02 Å². The van der Waals surface area contributed by atoms with E-state index in [1.165, 1.54) is 4.31 Å². The monoisotopic (exact) mass is 395 g/mol. The normalized spacial score (nSPS) is 20.4. The van der Waals surface area contributed by atoms with Crippen LogP contribution in [0.25, 0.3) is 0 Å².